The van der Waals surface area contributed by atoms with Crippen LogP contribution in [0, 0.1) is 17.8 Å². The predicted molar refractivity (Wildman–Crippen MR) is 242 cm³/mol. The molecule has 7 heterocycles. The molecule has 7 rings (SSSR count). The molecule has 0 aliphatic carbocycles. The van der Waals surface area contributed by atoms with Crippen LogP contribution in [-0.4, -0.2) is 312 Å². The van der Waals surface area contributed by atoms with Gasteiger partial charge in [0.15, 0.2) is 44.0 Å². The third-order valence-corrected chi connectivity index (χ3v) is 15.7. The Morgan fingerprint density at radius 3 is 1.00 bits per heavy atom. The molecule has 30 heteroatoms. The first-order valence-electron chi connectivity index (χ1n) is 25.6. The van der Waals surface area contributed by atoms with Crippen LogP contribution in [0.4, 0.5) is 0 Å². The molecule has 76 heavy (non-hydrogen) atoms. The lowest BCUT2D eigenvalue weighted by Gasteiger charge is -2.52. The summed E-state index contributed by atoms with van der Waals surface area (Å²) in [4.78, 5) is 0. The fourth-order valence-electron chi connectivity index (χ4n) is 10.7. The summed E-state index contributed by atoms with van der Waals surface area (Å²) in [6.07, 6.45) is -50.2. The molecule has 0 aromatic heterocycles. The quantitative estimate of drug-likeness (QED) is 0.0643. The molecule has 16 N–H and O–H groups in total. The summed E-state index contributed by atoms with van der Waals surface area (Å²) >= 11 is 0. The summed E-state index contributed by atoms with van der Waals surface area (Å²) in [6, 6.07) is 0. The molecule has 0 bridgehead atoms. The zero-order valence-electron chi connectivity index (χ0n) is 42.9. The maximum Gasteiger partial charge on any atom is 0.187 e. The lowest BCUT2D eigenvalue weighted by atomic mass is 9.89. The lowest BCUT2D eigenvalue weighted by Crippen LogP contribution is -2.67. The summed E-state index contributed by atoms with van der Waals surface area (Å²) in [5.41, 5.74) is 0. The van der Waals surface area contributed by atoms with E-state index in [1.165, 1.54) is 41.7 Å². The molecule has 7 saturated heterocycles. The molecule has 444 valence electrons. The molecule has 0 aromatic carbocycles. The first kappa shape index (κ1) is 62.4. The van der Waals surface area contributed by atoms with E-state index in [2.05, 4.69) is 0 Å². The Hall–Kier alpha value is -1.20. The Labute approximate surface area is 436 Å². The summed E-state index contributed by atoms with van der Waals surface area (Å²) in [6.45, 7) is 5.43. The molecule has 7 aliphatic heterocycles. The molecule has 0 saturated carbocycles. The molecule has 7 fully saturated rings. The summed E-state index contributed by atoms with van der Waals surface area (Å²) in [5, 5.41) is 174. The third-order valence-electron chi connectivity index (χ3n) is 15.7. The Morgan fingerprint density at radius 2 is 0.579 bits per heavy atom. The molecule has 0 radical (unpaired) electrons. The van der Waals surface area contributed by atoms with E-state index in [1.807, 2.05) is 0 Å². The lowest BCUT2D eigenvalue weighted by molar-refractivity contribution is -0.405. The van der Waals surface area contributed by atoms with Crippen molar-refractivity contribution in [1.82, 2.24) is 0 Å². The minimum absolute atomic E-state index is 0.754. The zero-order valence-corrected chi connectivity index (χ0v) is 42.9. The van der Waals surface area contributed by atoms with Crippen molar-refractivity contribution >= 4 is 0 Å². The molecule has 0 aromatic rings. The van der Waals surface area contributed by atoms with Gasteiger partial charge in [0.2, 0.25) is 0 Å². The van der Waals surface area contributed by atoms with Crippen molar-refractivity contribution in [1.29, 1.82) is 0 Å². The van der Waals surface area contributed by atoms with E-state index in [-0.39, 0.29) is 0 Å². The Morgan fingerprint density at radius 1 is 0.263 bits per heavy atom. The topological polar surface area (TPSA) is 453 Å². The number of ether oxygens (including phenoxy) is 14. The molecular formula is C46H80O30. The van der Waals surface area contributed by atoms with E-state index in [9.17, 15) is 81.7 Å². The summed E-state index contributed by atoms with van der Waals surface area (Å²) in [7, 11) is 1.32. The number of aliphatic hydroxyl groups is 16. The van der Waals surface area contributed by atoms with Crippen LogP contribution in [0.1, 0.15) is 41.5 Å². The van der Waals surface area contributed by atoms with Crippen LogP contribution in [0.15, 0.2) is 0 Å². The van der Waals surface area contributed by atoms with E-state index in [4.69, 9.17) is 66.3 Å². The maximum atomic E-state index is 12.1. The van der Waals surface area contributed by atoms with Crippen LogP contribution in [0.2, 0.25) is 0 Å². The fraction of sp³-hybridized carbons (Fsp3) is 1.00. The molecular weight excluding hydrogens is 1030 g/mol. The Kier molecular flexibility index (Phi) is 21.6. The van der Waals surface area contributed by atoms with Gasteiger partial charge in [-0.2, -0.15) is 0 Å². The zero-order chi connectivity index (χ0) is 55.9. The number of rotatable bonds is 17. The van der Waals surface area contributed by atoms with E-state index in [1.54, 1.807) is 6.92 Å². The number of hydrogen-bond donors (Lipinski definition) is 16. The average molecular weight is 1110 g/mol. The molecule has 30 nitrogen and oxygen atoms in total. The predicted octanol–water partition coefficient (Wildman–Crippen LogP) is -8.71. The molecule has 0 amide bonds. The Balaban J connectivity index is 1.18. The summed E-state index contributed by atoms with van der Waals surface area (Å²) < 4.78 is 84.7. The first-order valence-corrected chi connectivity index (χ1v) is 25.6. The second-order valence-electron chi connectivity index (χ2n) is 20.8. The van der Waals surface area contributed by atoms with Crippen molar-refractivity contribution in [2.75, 3.05) is 33.5 Å². The van der Waals surface area contributed by atoms with Gasteiger partial charge < -0.3 is 148 Å². The van der Waals surface area contributed by atoms with E-state index < -0.39 is 241 Å². The van der Waals surface area contributed by atoms with E-state index in [0.717, 1.165) is 0 Å². The molecule has 7 aliphatic rings. The molecule has 35 atom stereocenters. The summed E-state index contributed by atoms with van der Waals surface area (Å²) in [5.74, 6) is -3.06. The van der Waals surface area contributed by atoms with Gasteiger partial charge in [0.25, 0.3) is 0 Å². The monoisotopic (exact) mass is 1110 g/mol. The van der Waals surface area contributed by atoms with Crippen molar-refractivity contribution in [2.45, 2.75) is 238 Å². The highest BCUT2D eigenvalue weighted by atomic mass is 16.8. The van der Waals surface area contributed by atoms with Gasteiger partial charge in [-0.1, -0.05) is 20.8 Å². The van der Waals surface area contributed by atoms with Gasteiger partial charge in [0.1, 0.15) is 116 Å². The normalized spacial score (nSPS) is 54.6. The van der Waals surface area contributed by atoms with Crippen molar-refractivity contribution < 1.29 is 148 Å². The minimum atomic E-state index is -2.03. The van der Waals surface area contributed by atoms with Crippen LogP contribution >= 0.6 is 0 Å². The number of aliphatic hydroxyl groups excluding tert-OH is 16. The van der Waals surface area contributed by atoms with Crippen molar-refractivity contribution in [2.24, 2.45) is 17.8 Å². The van der Waals surface area contributed by atoms with E-state index >= 15 is 0 Å². The van der Waals surface area contributed by atoms with Crippen LogP contribution < -0.4 is 0 Å². The van der Waals surface area contributed by atoms with Crippen molar-refractivity contribution in [3.63, 3.8) is 0 Å². The maximum absolute atomic E-state index is 12.1. The number of hydrogen-bond acceptors (Lipinski definition) is 30. The van der Waals surface area contributed by atoms with Gasteiger partial charge in [-0.05, 0) is 20.8 Å². The largest absolute Gasteiger partial charge is 0.394 e. The van der Waals surface area contributed by atoms with Gasteiger partial charge in [-0.25, -0.2) is 0 Å². The second-order valence-corrected chi connectivity index (χ2v) is 20.8. The van der Waals surface area contributed by atoms with E-state index in [0.29, 0.717) is 0 Å². The van der Waals surface area contributed by atoms with Gasteiger partial charge >= 0.3 is 0 Å². The van der Waals surface area contributed by atoms with Crippen LogP contribution in [-0.2, 0) is 66.3 Å². The number of methoxy groups -OCH3 is 1. The molecule has 14 unspecified atom stereocenters. The fourth-order valence-corrected chi connectivity index (χ4v) is 10.7. The third kappa shape index (κ3) is 12.6. The van der Waals surface area contributed by atoms with Gasteiger partial charge in [0, 0.05) is 24.9 Å². The standard InChI is InChI=1S/C46H80O30/c1-12-22(51)18(8-47)68-46(36(12)73-44-32(61)29(58)25(54)17(6)66-44)75-38-21(11-50)70-41(14(3)35(38)72-43-31(60)28(57)24(53)16(5)65-43)76-39-26(55)19(9-48)67-45(33(39)62)74-37-20(10-49)69-40(63-7)13(2)34(37)71-42-30(59)27(56)23(52)15(4)64-42/h12-62H,8-11H2,1-7H3/t12?,13-,14-,15?,16?,17-,18-,19-,20?,21?,22+,23+,24+,25+,26-,27?,28?,29?,30-,31-,32?,33?,34?,35?,36?,37+,38+,39?,40+,41-,42-,43-,44-,45-,46-/m0/s1. The average Bonchev–Trinajstić information content (AvgIpc) is 3.42. The first-order chi connectivity index (χ1) is 35.9. The SMILES string of the molecule is CO[C@@H]1OC(CO)[C@@H](O[C@@H]2O[C@@H](CO)[C@H](O)C(O[C@@H]3OC(CO)[C@@H](O[C@@H]4O[C@@H](CO)[C@H](O)C(C)C4O[C@@H]4O[C@@H](C)[C@@H](O)C(O)C4O)C(O[C@@H]4OC(C)[C@@H](O)C(O)[C@@H]4O)[C@@H]3C)C2O)C(O[C@@H]2OC(C)[C@@H](O)C(O)[C@@H]2O)[C@@H]1C. The van der Waals surface area contributed by atoms with Crippen LogP contribution in [0.3, 0.4) is 0 Å². The van der Waals surface area contributed by atoms with Gasteiger partial charge in [-0.15, -0.1) is 0 Å². The second kappa shape index (κ2) is 26.4. The van der Waals surface area contributed by atoms with Gasteiger partial charge in [-0.3, -0.25) is 0 Å². The minimum Gasteiger partial charge on any atom is -0.394 e. The highest BCUT2D eigenvalue weighted by molar-refractivity contribution is 5.00. The van der Waals surface area contributed by atoms with Crippen molar-refractivity contribution in [3.8, 4) is 0 Å². The highest BCUT2D eigenvalue weighted by Crippen LogP contribution is 2.42. The van der Waals surface area contributed by atoms with Crippen molar-refractivity contribution in [3.05, 3.63) is 0 Å². The smallest absolute Gasteiger partial charge is 0.187 e. The molecule has 0 spiro atoms. The Bertz CT molecular complexity index is 1780. The van der Waals surface area contributed by atoms with Crippen LogP contribution in [0.25, 0.3) is 0 Å². The van der Waals surface area contributed by atoms with Crippen LogP contribution in [0.5, 0.6) is 0 Å². The van der Waals surface area contributed by atoms with Gasteiger partial charge in [0.05, 0.1) is 63.1 Å². The highest BCUT2D eigenvalue weighted by Gasteiger charge is 2.58.